The first-order valence-corrected chi connectivity index (χ1v) is 9.21. The molecule has 2 aromatic rings. The van der Waals surface area contributed by atoms with Gasteiger partial charge in [-0.05, 0) is 55.7 Å². The third-order valence-electron chi connectivity index (χ3n) is 4.02. The number of anilines is 1. The lowest BCUT2D eigenvalue weighted by molar-refractivity contribution is -0.118. The summed E-state index contributed by atoms with van der Waals surface area (Å²) < 4.78 is 16.2. The van der Waals surface area contributed by atoms with Gasteiger partial charge in [0.05, 0.1) is 12.3 Å². The van der Waals surface area contributed by atoms with Crippen molar-refractivity contribution in [3.8, 4) is 11.5 Å². The summed E-state index contributed by atoms with van der Waals surface area (Å²) in [7, 11) is 1.61. The SMILES string of the molecule is COCCOc1cc(C)ccc1NC(=O)COc1ccc(CCC(C)=O)cc1. The zero-order valence-electron chi connectivity index (χ0n) is 16.6. The Labute approximate surface area is 165 Å². The van der Waals surface area contributed by atoms with E-state index in [9.17, 15) is 9.59 Å². The molecule has 6 nitrogen and oxygen atoms in total. The molecule has 0 fully saturated rings. The van der Waals surface area contributed by atoms with Gasteiger partial charge in [-0.1, -0.05) is 18.2 Å². The molecule has 28 heavy (non-hydrogen) atoms. The Morgan fingerprint density at radius 2 is 1.75 bits per heavy atom. The number of methoxy groups -OCH3 is 1. The Morgan fingerprint density at radius 1 is 1.00 bits per heavy atom. The van der Waals surface area contributed by atoms with Gasteiger partial charge in [-0.2, -0.15) is 0 Å². The smallest absolute Gasteiger partial charge is 0.262 e. The molecular formula is C22H27NO5. The maximum atomic E-state index is 12.2. The summed E-state index contributed by atoms with van der Waals surface area (Å²) in [4.78, 5) is 23.3. The van der Waals surface area contributed by atoms with Gasteiger partial charge in [0.15, 0.2) is 6.61 Å². The highest BCUT2D eigenvalue weighted by Gasteiger charge is 2.09. The lowest BCUT2D eigenvalue weighted by atomic mass is 10.1. The minimum atomic E-state index is -0.277. The van der Waals surface area contributed by atoms with Crippen LogP contribution < -0.4 is 14.8 Å². The van der Waals surface area contributed by atoms with Crippen LogP contribution in [0.5, 0.6) is 11.5 Å². The summed E-state index contributed by atoms with van der Waals surface area (Å²) >= 11 is 0. The summed E-state index contributed by atoms with van der Waals surface area (Å²) in [5, 5.41) is 2.81. The minimum Gasteiger partial charge on any atom is -0.489 e. The Balaban J connectivity index is 1.87. The van der Waals surface area contributed by atoms with Gasteiger partial charge in [0.2, 0.25) is 0 Å². The number of amides is 1. The number of hydrogen-bond acceptors (Lipinski definition) is 5. The third kappa shape index (κ3) is 7.40. The molecular weight excluding hydrogens is 358 g/mol. The highest BCUT2D eigenvalue weighted by Crippen LogP contribution is 2.25. The van der Waals surface area contributed by atoms with Crippen LogP contribution in [0.15, 0.2) is 42.5 Å². The van der Waals surface area contributed by atoms with Gasteiger partial charge < -0.3 is 24.3 Å². The topological polar surface area (TPSA) is 73.9 Å². The van der Waals surface area contributed by atoms with Crippen LogP contribution in [0.3, 0.4) is 0 Å². The number of benzene rings is 2. The molecule has 0 unspecified atom stereocenters. The molecule has 0 saturated heterocycles. The summed E-state index contributed by atoms with van der Waals surface area (Å²) in [6.45, 7) is 4.29. The quantitative estimate of drug-likeness (QED) is 0.599. The normalized spacial score (nSPS) is 10.4. The van der Waals surface area contributed by atoms with E-state index >= 15 is 0 Å². The number of Topliss-reactive ketones (excluding diaryl/α,β-unsaturated/α-hetero) is 1. The minimum absolute atomic E-state index is 0.113. The van der Waals surface area contributed by atoms with E-state index in [4.69, 9.17) is 14.2 Å². The van der Waals surface area contributed by atoms with Crippen molar-refractivity contribution in [3.05, 3.63) is 53.6 Å². The van der Waals surface area contributed by atoms with Crippen LogP contribution in [-0.4, -0.2) is 38.6 Å². The molecule has 1 amide bonds. The Bertz CT molecular complexity index is 786. The summed E-state index contributed by atoms with van der Waals surface area (Å²) in [5.41, 5.74) is 2.69. The monoisotopic (exact) mass is 385 g/mol. The Hall–Kier alpha value is -2.86. The summed E-state index contributed by atoms with van der Waals surface area (Å²) in [6.07, 6.45) is 1.23. The van der Waals surface area contributed by atoms with Gasteiger partial charge in [-0.15, -0.1) is 0 Å². The van der Waals surface area contributed by atoms with Crippen molar-refractivity contribution in [2.45, 2.75) is 26.7 Å². The number of ether oxygens (including phenoxy) is 3. The summed E-state index contributed by atoms with van der Waals surface area (Å²) in [5.74, 6) is 1.09. The molecule has 6 heteroatoms. The molecule has 0 aliphatic carbocycles. The van der Waals surface area contributed by atoms with E-state index in [-0.39, 0.29) is 18.3 Å². The van der Waals surface area contributed by atoms with Crippen molar-refractivity contribution in [1.82, 2.24) is 0 Å². The third-order valence-corrected chi connectivity index (χ3v) is 4.02. The molecule has 1 N–H and O–H groups in total. The highest BCUT2D eigenvalue weighted by atomic mass is 16.5. The van der Waals surface area contributed by atoms with Gasteiger partial charge in [0.1, 0.15) is 23.9 Å². The lowest BCUT2D eigenvalue weighted by Gasteiger charge is -2.13. The van der Waals surface area contributed by atoms with Crippen molar-refractivity contribution in [2.75, 3.05) is 32.2 Å². The predicted octanol–water partition coefficient (Wildman–Crippen LogP) is 3.56. The van der Waals surface area contributed by atoms with Crippen molar-refractivity contribution in [3.63, 3.8) is 0 Å². The van der Waals surface area contributed by atoms with Crippen LogP contribution in [0.1, 0.15) is 24.5 Å². The first-order chi connectivity index (χ1) is 13.5. The van der Waals surface area contributed by atoms with Gasteiger partial charge in [-0.3, -0.25) is 4.79 Å². The molecule has 0 bridgehead atoms. The molecule has 2 rings (SSSR count). The first-order valence-electron chi connectivity index (χ1n) is 9.21. The molecule has 2 aromatic carbocycles. The average Bonchev–Trinajstić information content (AvgIpc) is 2.67. The number of rotatable bonds is 11. The fourth-order valence-electron chi connectivity index (χ4n) is 2.50. The maximum absolute atomic E-state index is 12.2. The van der Waals surface area contributed by atoms with E-state index in [2.05, 4.69) is 5.32 Å². The number of aryl methyl sites for hydroxylation is 2. The van der Waals surface area contributed by atoms with Gasteiger partial charge in [0, 0.05) is 13.5 Å². The van der Waals surface area contributed by atoms with Crippen LogP contribution in [0.2, 0.25) is 0 Å². The second-order valence-electron chi connectivity index (χ2n) is 6.52. The number of nitrogens with one attached hydrogen (secondary N) is 1. The molecule has 0 saturated carbocycles. The van der Waals surface area contributed by atoms with Crippen LogP contribution in [0.25, 0.3) is 0 Å². The number of carbonyl (C=O) groups excluding carboxylic acids is 2. The number of ketones is 1. The molecule has 150 valence electrons. The molecule has 0 radical (unpaired) electrons. The van der Waals surface area contributed by atoms with E-state index < -0.39 is 0 Å². The Morgan fingerprint density at radius 3 is 2.43 bits per heavy atom. The Kier molecular flexibility index (Phi) is 8.49. The molecule has 0 aromatic heterocycles. The standard InChI is InChI=1S/C22H27NO5/c1-16-4-11-20(21(14-16)27-13-12-26-3)23-22(25)15-28-19-9-7-18(8-10-19)6-5-17(2)24/h4,7-11,14H,5-6,12-13,15H2,1-3H3,(H,23,25). The van der Waals surface area contributed by atoms with Crippen LogP contribution in [-0.2, 0) is 20.7 Å². The zero-order valence-corrected chi connectivity index (χ0v) is 16.6. The van der Waals surface area contributed by atoms with Gasteiger partial charge >= 0.3 is 0 Å². The van der Waals surface area contributed by atoms with Crippen molar-refractivity contribution >= 4 is 17.4 Å². The van der Waals surface area contributed by atoms with Gasteiger partial charge in [0.25, 0.3) is 5.91 Å². The van der Waals surface area contributed by atoms with E-state index in [1.165, 1.54) is 0 Å². The van der Waals surface area contributed by atoms with Crippen LogP contribution in [0.4, 0.5) is 5.69 Å². The summed E-state index contributed by atoms with van der Waals surface area (Å²) in [6, 6.07) is 13.0. The highest BCUT2D eigenvalue weighted by molar-refractivity contribution is 5.93. The van der Waals surface area contributed by atoms with E-state index in [0.29, 0.717) is 43.2 Å². The molecule has 0 heterocycles. The fraction of sp³-hybridized carbons (Fsp3) is 0.364. The van der Waals surface area contributed by atoms with E-state index in [1.807, 2.05) is 31.2 Å². The van der Waals surface area contributed by atoms with E-state index in [1.54, 1.807) is 32.2 Å². The van der Waals surface area contributed by atoms with Crippen LogP contribution in [0, 0.1) is 6.92 Å². The number of carbonyl (C=O) groups is 2. The van der Waals surface area contributed by atoms with Crippen LogP contribution >= 0.6 is 0 Å². The average molecular weight is 385 g/mol. The maximum Gasteiger partial charge on any atom is 0.262 e. The molecule has 0 aliphatic heterocycles. The van der Waals surface area contributed by atoms with Crippen molar-refractivity contribution in [2.24, 2.45) is 0 Å². The zero-order chi connectivity index (χ0) is 20.4. The predicted molar refractivity (Wildman–Crippen MR) is 108 cm³/mol. The fourth-order valence-corrected chi connectivity index (χ4v) is 2.50. The van der Waals surface area contributed by atoms with Crippen molar-refractivity contribution < 1.29 is 23.8 Å². The number of hydrogen-bond donors (Lipinski definition) is 1. The second-order valence-corrected chi connectivity index (χ2v) is 6.52. The largest absolute Gasteiger partial charge is 0.489 e. The van der Waals surface area contributed by atoms with Gasteiger partial charge in [-0.25, -0.2) is 0 Å². The molecule has 0 aliphatic rings. The lowest BCUT2D eigenvalue weighted by Crippen LogP contribution is -2.21. The second kappa shape index (κ2) is 11.1. The van der Waals surface area contributed by atoms with E-state index in [0.717, 1.165) is 11.1 Å². The first kappa shape index (κ1) is 21.4. The molecule has 0 spiro atoms. The van der Waals surface area contributed by atoms with Crippen molar-refractivity contribution in [1.29, 1.82) is 0 Å². The molecule has 0 atom stereocenters.